The number of pyridine rings is 1. The van der Waals surface area contributed by atoms with Gasteiger partial charge in [0.1, 0.15) is 5.82 Å². The summed E-state index contributed by atoms with van der Waals surface area (Å²) in [5, 5.41) is 3.30. The van der Waals surface area contributed by atoms with Crippen LogP contribution in [-0.2, 0) is 0 Å². The smallest absolute Gasteiger partial charge is 0.144 e. The van der Waals surface area contributed by atoms with Crippen molar-refractivity contribution in [2.45, 2.75) is 11.8 Å². The van der Waals surface area contributed by atoms with E-state index in [0.29, 0.717) is 0 Å². The molecule has 0 aliphatic heterocycles. The molecule has 17 heavy (non-hydrogen) atoms. The summed E-state index contributed by atoms with van der Waals surface area (Å²) in [6.07, 6.45) is 3.87. The molecule has 0 radical (unpaired) electrons. The normalized spacial score (nSPS) is 10.3. The summed E-state index contributed by atoms with van der Waals surface area (Å²) < 4.78 is 1.01. The Morgan fingerprint density at radius 3 is 2.53 bits per heavy atom. The van der Waals surface area contributed by atoms with Gasteiger partial charge in [-0.25, -0.2) is 4.98 Å². The van der Waals surface area contributed by atoms with E-state index in [0.717, 1.165) is 16.0 Å². The van der Waals surface area contributed by atoms with Crippen molar-refractivity contribution >= 4 is 39.2 Å². The summed E-state index contributed by atoms with van der Waals surface area (Å²) in [5.41, 5.74) is 2.21. The second kappa shape index (κ2) is 5.56. The highest BCUT2D eigenvalue weighted by atomic mass is 79.9. The van der Waals surface area contributed by atoms with E-state index < -0.39 is 0 Å². The first-order valence-electron chi connectivity index (χ1n) is 5.23. The Morgan fingerprint density at radius 1 is 1.18 bits per heavy atom. The van der Waals surface area contributed by atoms with Crippen molar-refractivity contribution in [2.75, 3.05) is 11.6 Å². The second-order valence-electron chi connectivity index (χ2n) is 3.64. The number of halogens is 1. The quantitative estimate of drug-likeness (QED) is 0.838. The van der Waals surface area contributed by atoms with Gasteiger partial charge >= 0.3 is 0 Å². The number of aryl methyl sites for hydroxylation is 1. The molecule has 1 heterocycles. The van der Waals surface area contributed by atoms with Crippen molar-refractivity contribution in [3.63, 3.8) is 0 Å². The molecule has 2 aromatic rings. The number of rotatable bonds is 3. The summed E-state index contributed by atoms with van der Waals surface area (Å²) >= 11 is 5.27. The molecule has 0 amide bonds. The van der Waals surface area contributed by atoms with Crippen molar-refractivity contribution in [1.29, 1.82) is 0 Å². The van der Waals surface area contributed by atoms with Crippen molar-refractivity contribution in [3.8, 4) is 0 Å². The van der Waals surface area contributed by atoms with Gasteiger partial charge in [0.15, 0.2) is 0 Å². The summed E-state index contributed by atoms with van der Waals surface area (Å²) in [4.78, 5) is 5.57. The van der Waals surface area contributed by atoms with Crippen LogP contribution in [0.15, 0.2) is 45.9 Å². The number of benzene rings is 1. The molecule has 2 nitrogen and oxygen atoms in total. The van der Waals surface area contributed by atoms with E-state index >= 15 is 0 Å². The number of hydrogen-bond donors (Lipinski definition) is 1. The summed E-state index contributed by atoms with van der Waals surface area (Å²) in [5.74, 6) is 0.849. The Hall–Kier alpha value is -1.000. The zero-order valence-corrected chi connectivity index (χ0v) is 12.1. The van der Waals surface area contributed by atoms with Gasteiger partial charge in [-0.3, -0.25) is 0 Å². The lowest BCUT2D eigenvalue weighted by Gasteiger charge is -2.09. The molecule has 4 heteroatoms. The predicted molar refractivity (Wildman–Crippen MR) is 78.2 cm³/mol. The van der Waals surface area contributed by atoms with Crippen LogP contribution >= 0.6 is 27.7 Å². The fourth-order valence-corrected chi connectivity index (χ4v) is 2.18. The Balaban J connectivity index is 2.22. The third-order valence-electron chi connectivity index (χ3n) is 2.44. The standard InChI is InChI=1S/C13H13BrN2S/c1-9-7-8-15-13(12(9)14)16-10-3-5-11(17-2)6-4-10/h3-8H,1-2H3,(H,15,16). The van der Waals surface area contributed by atoms with Gasteiger partial charge in [-0.15, -0.1) is 11.8 Å². The van der Waals surface area contributed by atoms with E-state index in [1.807, 2.05) is 13.0 Å². The van der Waals surface area contributed by atoms with Crippen molar-refractivity contribution < 1.29 is 0 Å². The highest BCUT2D eigenvalue weighted by Crippen LogP contribution is 2.27. The van der Waals surface area contributed by atoms with E-state index in [2.05, 4.69) is 56.8 Å². The molecule has 0 fully saturated rings. The van der Waals surface area contributed by atoms with Crippen molar-refractivity contribution in [2.24, 2.45) is 0 Å². The van der Waals surface area contributed by atoms with Crippen LogP contribution in [0.4, 0.5) is 11.5 Å². The Morgan fingerprint density at radius 2 is 1.88 bits per heavy atom. The second-order valence-corrected chi connectivity index (χ2v) is 5.32. The average Bonchev–Trinajstić information content (AvgIpc) is 2.36. The third kappa shape index (κ3) is 3.01. The van der Waals surface area contributed by atoms with Gasteiger partial charge in [0.25, 0.3) is 0 Å². The van der Waals surface area contributed by atoms with Crippen molar-refractivity contribution in [1.82, 2.24) is 4.98 Å². The Labute approximate surface area is 114 Å². The Kier molecular flexibility index (Phi) is 4.07. The number of nitrogens with zero attached hydrogens (tertiary/aromatic N) is 1. The van der Waals surface area contributed by atoms with E-state index in [9.17, 15) is 0 Å². The van der Waals surface area contributed by atoms with E-state index in [1.165, 1.54) is 10.5 Å². The molecular weight excluding hydrogens is 296 g/mol. The van der Waals surface area contributed by atoms with E-state index in [-0.39, 0.29) is 0 Å². The average molecular weight is 309 g/mol. The number of thioether (sulfide) groups is 1. The van der Waals surface area contributed by atoms with Crippen LogP contribution < -0.4 is 5.32 Å². The summed E-state index contributed by atoms with van der Waals surface area (Å²) in [7, 11) is 0. The fourth-order valence-electron chi connectivity index (χ4n) is 1.44. The van der Waals surface area contributed by atoms with Crippen LogP contribution in [0, 0.1) is 6.92 Å². The largest absolute Gasteiger partial charge is 0.339 e. The van der Waals surface area contributed by atoms with Crippen LogP contribution in [0.2, 0.25) is 0 Å². The first kappa shape index (κ1) is 12.5. The van der Waals surface area contributed by atoms with Gasteiger partial charge in [-0.05, 0) is 65.0 Å². The molecule has 0 atom stereocenters. The molecule has 1 aromatic carbocycles. The lowest BCUT2D eigenvalue weighted by Crippen LogP contribution is -1.95. The fraction of sp³-hybridized carbons (Fsp3) is 0.154. The molecule has 0 spiro atoms. The topological polar surface area (TPSA) is 24.9 Å². The minimum atomic E-state index is 0.849. The molecule has 88 valence electrons. The van der Waals surface area contributed by atoms with Crippen LogP contribution in [-0.4, -0.2) is 11.2 Å². The van der Waals surface area contributed by atoms with Crippen LogP contribution in [0.1, 0.15) is 5.56 Å². The molecule has 1 N–H and O–H groups in total. The van der Waals surface area contributed by atoms with Crippen LogP contribution in [0.25, 0.3) is 0 Å². The maximum absolute atomic E-state index is 4.31. The third-order valence-corrected chi connectivity index (χ3v) is 4.18. The molecule has 0 saturated carbocycles. The van der Waals surface area contributed by atoms with E-state index in [1.54, 1.807) is 18.0 Å². The monoisotopic (exact) mass is 308 g/mol. The lowest BCUT2D eigenvalue weighted by molar-refractivity contribution is 1.25. The highest BCUT2D eigenvalue weighted by molar-refractivity contribution is 9.10. The molecule has 0 aliphatic rings. The minimum Gasteiger partial charge on any atom is -0.339 e. The molecule has 0 saturated heterocycles. The first-order valence-corrected chi connectivity index (χ1v) is 7.24. The molecule has 0 bridgehead atoms. The van der Waals surface area contributed by atoms with Crippen molar-refractivity contribution in [3.05, 3.63) is 46.6 Å². The molecule has 0 aliphatic carbocycles. The number of aromatic nitrogens is 1. The molecular formula is C13H13BrN2S. The predicted octanol–water partition coefficient (Wildman–Crippen LogP) is 4.62. The highest BCUT2D eigenvalue weighted by Gasteiger charge is 2.03. The number of hydrogen-bond acceptors (Lipinski definition) is 3. The lowest BCUT2D eigenvalue weighted by atomic mass is 10.3. The van der Waals surface area contributed by atoms with Gasteiger partial charge in [0, 0.05) is 16.8 Å². The summed E-state index contributed by atoms with van der Waals surface area (Å²) in [6, 6.07) is 10.3. The zero-order chi connectivity index (χ0) is 12.3. The minimum absolute atomic E-state index is 0.849. The number of nitrogens with one attached hydrogen (secondary N) is 1. The maximum Gasteiger partial charge on any atom is 0.144 e. The number of anilines is 2. The molecule has 2 rings (SSSR count). The first-order chi connectivity index (χ1) is 8.20. The van der Waals surface area contributed by atoms with Gasteiger partial charge in [0.2, 0.25) is 0 Å². The molecule has 0 unspecified atom stereocenters. The zero-order valence-electron chi connectivity index (χ0n) is 9.70. The SMILES string of the molecule is CSc1ccc(Nc2nccc(C)c2Br)cc1. The van der Waals surface area contributed by atoms with Gasteiger partial charge < -0.3 is 5.32 Å². The van der Waals surface area contributed by atoms with Gasteiger partial charge in [0.05, 0.1) is 4.47 Å². The van der Waals surface area contributed by atoms with Gasteiger partial charge in [-0.1, -0.05) is 0 Å². The summed E-state index contributed by atoms with van der Waals surface area (Å²) in [6.45, 7) is 2.05. The molecule has 1 aromatic heterocycles. The van der Waals surface area contributed by atoms with Gasteiger partial charge in [-0.2, -0.15) is 0 Å². The van der Waals surface area contributed by atoms with Crippen LogP contribution in [0.5, 0.6) is 0 Å². The maximum atomic E-state index is 4.31. The van der Waals surface area contributed by atoms with Crippen LogP contribution in [0.3, 0.4) is 0 Å². The Bertz CT molecular complexity index is 511. The van der Waals surface area contributed by atoms with E-state index in [4.69, 9.17) is 0 Å².